The molecule has 2 rings (SSSR count). The summed E-state index contributed by atoms with van der Waals surface area (Å²) >= 11 is 3.30. The molecular weight excluding hydrogens is 450 g/mol. The number of hydrogen-bond acceptors (Lipinski definition) is 6. The highest BCUT2D eigenvalue weighted by Crippen LogP contribution is 2.39. The summed E-state index contributed by atoms with van der Waals surface area (Å²) in [5, 5.41) is 12.5. The van der Waals surface area contributed by atoms with Crippen molar-refractivity contribution in [2.24, 2.45) is 0 Å². The predicted molar refractivity (Wildman–Crippen MR) is 120 cm³/mol. The molecule has 2 aromatic rings. The second kappa shape index (κ2) is 9.52. The van der Waals surface area contributed by atoms with Gasteiger partial charge < -0.3 is 14.8 Å². The topological polar surface area (TPSA) is 95.2 Å². The van der Waals surface area contributed by atoms with Crippen molar-refractivity contribution in [1.82, 2.24) is 4.98 Å². The van der Waals surface area contributed by atoms with Crippen LogP contribution in [0.5, 0.6) is 11.6 Å². The molecule has 0 atom stereocenters. The number of nitrogens with one attached hydrogen (secondary N) is 1. The molecule has 0 unspecified atom stereocenters. The van der Waals surface area contributed by atoms with E-state index in [1.54, 1.807) is 30.3 Å². The second-order valence-corrected chi connectivity index (χ2v) is 13.4. The molecule has 0 amide bonds. The van der Waals surface area contributed by atoms with Crippen LogP contribution in [0.2, 0.25) is 18.1 Å². The molecule has 0 aliphatic carbocycles. The van der Waals surface area contributed by atoms with E-state index in [0.717, 1.165) is 19.1 Å². The summed E-state index contributed by atoms with van der Waals surface area (Å²) in [5.41, 5.74) is 0.758. The summed E-state index contributed by atoms with van der Waals surface area (Å²) in [7, 11) is -2.22. The van der Waals surface area contributed by atoms with E-state index in [1.807, 2.05) is 13.1 Å². The van der Waals surface area contributed by atoms with Crippen molar-refractivity contribution < 1.29 is 14.3 Å². The number of nitriles is 1. The lowest BCUT2D eigenvalue weighted by atomic mass is 10.1. The summed E-state index contributed by atoms with van der Waals surface area (Å²) in [6.07, 6.45) is 2.52. The lowest BCUT2D eigenvalue weighted by Crippen LogP contribution is -2.39. The fourth-order valence-corrected chi connectivity index (χ4v) is 3.67. The molecule has 29 heavy (non-hydrogen) atoms. The molecular formula is C21H26BrN3O3Si. The summed E-state index contributed by atoms with van der Waals surface area (Å²) in [6, 6.07) is 10.4. The van der Waals surface area contributed by atoms with Crippen molar-refractivity contribution in [3.63, 3.8) is 0 Å². The van der Waals surface area contributed by atoms with E-state index in [2.05, 4.69) is 46.1 Å². The molecule has 154 valence electrons. The van der Waals surface area contributed by atoms with Crippen LogP contribution < -0.4 is 10.1 Å². The van der Waals surface area contributed by atoms with Gasteiger partial charge in [0, 0.05) is 16.6 Å². The Hall–Kier alpha value is -2.21. The van der Waals surface area contributed by atoms with Crippen LogP contribution in [0.25, 0.3) is 0 Å². The normalized spacial score (nSPS) is 11.6. The van der Waals surface area contributed by atoms with Crippen LogP contribution in [0.1, 0.15) is 42.6 Å². The van der Waals surface area contributed by atoms with Crippen LogP contribution in [0.3, 0.4) is 0 Å². The largest absolute Gasteiger partial charge is 0.438 e. The summed E-state index contributed by atoms with van der Waals surface area (Å²) in [6.45, 7) is 8.84. The molecule has 0 saturated carbocycles. The molecule has 1 aromatic carbocycles. The quantitative estimate of drug-likeness (QED) is 0.282. The van der Waals surface area contributed by atoms with E-state index < -0.39 is 8.32 Å². The first kappa shape index (κ1) is 23.1. The fourth-order valence-electron chi connectivity index (χ4n) is 2.54. The number of anilines is 1. The number of hydrogen-bond donors (Lipinski definition) is 2. The molecule has 8 heteroatoms. The SMILES string of the molecule is CC(C)(CCCNc1ccc(C#N)c(Oc2ccc(Br)c(C=O)c2)n1)[Si](C)(C)O. The van der Waals surface area contributed by atoms with Gasteiger partial charge in [0.1, 0.15) is 23.2 Å². The van der Waals surface area contributed by atoms with E-state index in [-0.39, 0.29) is 10.9 Å². The molecule has 1 aromatic heterocycles. The number of pyridine rings is 1. The van der Waals surface area contributed by atoms with Crippen LogP contribution in [0.4, 0.5) is 5.82 Å². The van der Waals surface area contributed by atoms with Crippen LogP contribution in [-0.4, -0.2) is 30.9 Å². The van der Waals surface area contributed by atoms with E-state index in [4.69, 9.17) is 4.74 Å². The number of halogens is 1. The lowest BCUT2D eigenvalue weighted by molar-refractivity contribution is 0.112. The zero-order chi connectivity index (χ0) is 21.7. The van der Waals surface area contributed by atoms with Crippen molar-refractivity contribution in [3.8, 4) is 17.7 Å². The number of rotatable bonds is 9. The number of aromatic nitrogens is 1. The van der Waals surface area contributed by atoms with E-state index in [1.165, 1.54) is 0 Å². The van der Waals surface area contributed by atoms with Gasteiger partial charge in [0.05, 0.1) is 0 Å². The van der Waals surface area contributed by atoms with Crippen LogP contribution in [-0.2, 0) is 0 Å². The standard InChI is InChI=1S/C21H26BrN3O3Si/c1-21(2,29(3,4)27)10-5-11-24-19-9-6-15(13-23)20(25-19)28-17-7-8-18(22)16(12-17)14-26/h6-9,12,14,27H,5,10-11H2,1-4H3,(H,24,25). The molecule has 1 heterocycles. The number of ether oxygens (including phenoxy) is 1. The van der Waals surface area contributed by atoms with E-state index in [9.17, 15) is 14.9 Å². The lowest BCUT2D eigenvalue weighted by Gasteiger charge is -2.35. The smallest absolute Gasteiger partial charge is 0.239 e. The Morgan fingerprint density at radius 2 is 2.07 bits per heavy atom. The predicted octanol–water partition coefficient (Wildman–Crippen LogP) is 5.49. The minimum Gasteiger partial charge on any atom is -0.438 e. The number of carbonyl (C=O) groups is 1. The van der Waals surface area contributed by atoms with Crippen molar-refractivity contribution in [3.05, 3.63) is 45.9 Å². The Labute approximate surface area is 181 Å². The third-order valence-corrected chi connectivity index (χ3v) is 9.52. The molecule has 0 aliphatic rings. The van der Waals surface area contributed by atoms with Crippen LogP contribution in [0, 0.1) is 11.3 Å². The Morgan fingerprint density at radius 1 is 1.34 bits per heavy atom. The zero-order valence-corrected chi connectivity index (χ0v) is 19.7. The third-order valence-electron chi connectivity index (χ3n) is 5.23. The maximum Gasteiger partial charge on any atom is 0.239 e. The van der Waals surface area contributed by atoms with Crippen LogP contribution in [0.15, 0.2) is 34.8 Å². The minimum atomic E-state index is -2.22. The van der Waals surface area contributed by atoms with Crippen molar-refractivity contribution in [2.75, 3.05) is 11.9 Å². The van der Waals surface area contributed by atoms with Gasteiger partial charge in [-0.25, -0.2) is 0 Å². The van der Waals surface area contributed by atoms with E-state index in [0.29, 0.717) is 33.7 Å². The van der Waals surface area contributed by atoms with Crippen molar-refractivity contribution >= 4 is 36.4 Å². The monoisotopic (exact) mass is 475 g/mol. The Balaban J connectivity index is 2.07. The average molecular weight is 476 g/mol. The van der Waals surface area contributed by atoms with Gasteiger partial charge in [0.2, 0.25) is 5.88 Å². The Morgan fingerprint density at radius 3 is 2.69 bits per heavy atom. The Kier molecular flexibility index (Phi) is 7.58. The summed E-state index contributed by atoms with van der Waals surface area (Å²) < 4.78 is 6.43. The highest BCUT2D eigenvalue weighted by atomic mass is 79.9. The molecule has 2 N–H and O–H groups in total. The number of benzene rings is 1. The van der Waals surface area contributed by atoms with Gasteiger partial charge in [0.25, 0.3) is 0 Å². The van der Waals surface area contributed by atoms with E-state index >= 15 is 0 Å². The molecule has 0 radical (unpaired) electrons. The molecule has 0 aliphatic heterocycles. The van der Waals surface area contributed by atoms with Gasteiger partial charge in [-0.3, -0.25) is 4.79 Å². The number of carbonyl (C=O) groups excluding carboxylic acids is 1. The highest BCUT2D eigenvalue weighted by molar-refractivity contribution is 9.10. The van der Waals surface area contributed by atoms with Gasteiger partial charge in [-0.05, 0) is 61.3 Å². The molecule has 0 fully saturated rings. The maximum atomic E-state index is 11.1. The highest BCUT2D eigenvalue weighted by Gasteiger charge is 2.37. The Bertz CT molecular complexity index is 920. The molecule has 6 nitrogen and oxygen atoms in total. The third kappa shape index (κ3) is 6.13. The van der Waals surface area contributed by atoms with Gasteiger partial charge in [-0.2, -0.15) is 10.2 Å². The van der Waals surface area contributed by atoms with Crippen LogP contribution >= 0.6 is 15.9 Å². The van der Waals surface area contributed by atoms with Gasteiger partial charge in [-0.1, -0.05) is 29.8 Å². The van der Waals surface area contributed by atoms with Gasteiger partial charge in [0.15, 0.2) is 14.6 Å². The average Bonchev–Trinajstić information content (AvgIpc) is 2.66. The maximum absolute atomic E-state index is 11.1. The van der Waals surface area contributed by atoms with Gasteiger partial charge >= 0.3 is 0 Å². The second-order valence-electron chi connectivity index (χ2n) is 8.04. The molecule has 0 spiro atoms. The summed E-state index contributed by atoms with van der Waals surface area (Å²) in [4.78, 5) is 25.9. The molecule has 0 bridgehead atoms. The first-order chi connectivity index (χ1) is 13.6. The van der Waals surface area contributed by atoms with Crippen molar-refractivity contribution in [1.29, 1.82) is 5.26 Å². The first-order valence-electron chi connectivity index (χ1n) is 9.37. The number of nitrogens with zero attached hydrogens (tertiary/aromatic N) is 2. The fraction of sp³-hybridized carbons (Fsp3) is 0.381. The summed E-state index contributed by atoms with van der Waals surface area (Å²) in [5.74, 6) is 1.21. The first-order valence-corrected chi connectivity index (χ1v) is 13.1. The molecule has 0 saturated heterocycles. The van der Waals surface area contributed by atoms with Crippen molar-refractivity contribution in [2.45, 2.75) is 44.8 Å². The number of aldehydes is 1. The van der Waals surface area contributed by atoms with Gasteiger partial charge in [-0.15, -0.1) is 0 Å². The zero-order valence-electron chi connectivity index (χ0n) is 17.1. The minimum absolute atomic E-state index is 0.0705.